The molecule has 2 heterocycles. The van der Waals surface area contributed by atoms with Gasteiger partial charge in [-0.15, -0.1) is 11.3 Å². The number of carbonyl (C=O) groups excluding carboxylic acids is 3. The van der Waals surface area contributed by atoms with E-state index in [2.05, 4.69) is 31.6 Å². The number of hydrogen-bond acceptors (Lipinski definition) is 5. The van der Waals surface area contributed by atoms with Crippen LogP contribution in [0.1, 0.15) is 47.3 Å². The minimum Gasteiger partial charge on any atom is -0.323 e. The zero-order valence-corrected chi connectivity index (χ0v) is 17.0. The van der Waals surface area contributed by atoms with Gasteiger partial charge >= 0.3 is 0 Å². The maximum atomic E-state index is 12.3. The molecule has 142 valence electrons. The molecule has 0 spiro atoms. The van der Waals surface area contributed by atoms with Gasteiger partial charge in [0.05, 0.1) is 4.88 Å². The monoisotopic (exact) mass is 395 g/mol. The molecule has 2 aliphatic rings. The smallest absolute Gasteiger partial charge is 0.282 e. The first-order valence-electron chi connectivity index (χ1n) is 8.86. The summed E-state index contributed by atoms with van der Waals surface area (Å²) in [5.74, 6) is 0.640. The number of fused-ring (bicyclic) bond motifs is 1. The lowest BCUT2D eigenvalue weighted by atomic mass is 9.72. The lowest BCUT2D eigenvalue weighted by Gasteiger charge is -2.33. The third kappa shape index (κ3) is 4.40. The second-order valence-electron chi connectivity index (χ2n) is 7.90. The molecule has 1 aromatic heterocycles. The summed E-state index contributed by atoms with van der Waals surface area (Å²) in [5.41, 5.74) is 6.40. The van der Waals surface area contributed by atoms with E-state index in [1.807, 2.05) is 6.07 Å². The maximum absolute atomic E-state index is 12.3. The number of aryl methyl sites for hydroxylation is 1. The average molecular weight is 396 g/mol. The molecule has 1 saturated heterocycles. The summed E-state index contributed by atoms with van der Waals surface area (Å²) in [5, 5.41) is -0.0918. The van der Waals surface area contributed by atoms with E-state index in [1.54, 1.807) is 0 Å². The van der Waals surface area contributed by atoms with Crippen LogP contribution in [0.25, 0.3) is 0 Å². The van der Waals surface area contributed by atoms with Crippen molar-refractivity contribution in [1.82, 2.24) is 15.8 Å². The Bertz CT molecular complexity index is 724. The summed E-state index contributed by atoms with van der Waals surface area (Å²) in [6.45, 7) is 7.34. The molecule has 1 aromatic rings. The summed E-state index contributed by atoms with van der Waals surface area (Å²) in [4.78, 5) is 39.1. The highest BCUT2D eigenvalue weighted by molar-refractivity contribution is 8.13. The highest BCUT2D eigenvalue weighted by atomic mass is 32.2. The van der Waals surface area contributed by atoms with Crippen LogP contribution in [-0.4, -0.2) is 40.8 Å². The van der Waals surface area contributed by atoms with Crippen molar-refractivity contribution in [3.8, 4) is 0 Å². The maximum Gasteiger partial charge on any atom is 0.282 e. The van der Waals surface area contributed by atoms with Gasteiger partial charge in [-0.25, -0.2) is 0 Å². The van der Waals surface area contributed by atoms with E-state index in [9.17, 15) is 14.4 Å². The SMILES string of the molecule is CC(C)(C)C1CCc2sc(C(=O)NNC(=O)CN3CCSC3=O)cc2C1. The fourth-order valence-electron chi connectivity index (χ4n) is 3.35. The van der Waals surface area contributed by atoms with Gasteiger partial charge in [-0.1, -0.05) is 32.5 Å². The van der Waals surface area contributed by atoms with Crippen LogP contribution in [0.5, 0.6) is 0 Å². The predicted molar refractivity (Wildman–Crippen MR) is 104 cm³/mol. The van der Waals surface area contributed by atoms with E-state index >= 15 is 0 Å². The van der Waals surface area contributed by atoms with Gasteiger partial charge in [0.2, 0.25) is 0 Å². The number of carbonyl (C=O) groups is 3. The largest absolute Gasteiger partial charge is 0.323 e. The summed E-state index contributed by atoms with van der Waals surface area (Å²) >= 11 is 2.72. The molecule has 1 aliphatic heterocycles. The van der Waals surface area contributed by atoms with Crippen molar-refractivity contribution in [2.75, 3.05) is 18.8 Å². The van der Waals surface area contributed by atoms with Crippen LogP contribution in [0.3, 0.4) is 0 Å². The van der Waals surface area contributed by atoms with Crippen LogP contribution in [0, 0.1) is 11.3 Å². The van der Waals surface area contributed by atoms with Gasteiger partial charge in [0.1, 0.15) is 6.54 Å². The summed E-state index contributed by atoms with van der Waals surface area (Å²) in [6.07, 6.45) is 3.16. The third-order valence-corrected chi connectivity index (χ3v) is 7.15. The molecule has 1 aliphatic carbocycles. The first-order valence-corrected chi connectivity index (χ1v) is 10.7. The standard InChI is InChI=1S/C18H25N3O3S2/c1-18(2,3)12-4-5-13-11(8-12)9-14(26-13)16(23)20-19-15(22)10-21-6-7-25-17(21)24/h9,12H,4-8,10H2,1-3H3,(H,19,22)(H,20,23). The van der Waals surface area contributed by atoms with Gasteiger partial charge < -0.3 is 4.90 Å². The molecule has 1 fully saturated rings. The van der Waals surface area contributed by atoms with Crippen molar-refractivity contribution in [2.45, 2.75) is 40.0 Å². The van der Waals surface area contributed by atoms with E-state index in [0.29, 0.717) is 23.1 Å². The number of thioether (sulfide) groups is 1. The molecule has 1 unspecified atom stereocenters. The average Bonchev–Trinajstić information content (AvgIpc) is 3.17. The van der Waals surface area contributed by atoms with Crippen LogP contribution < -0.4 is 10.9 Å². The van der Waals surface area contributed by atoms with Crippen molar-refractivity contribution < 1.29 is 14.4 Å². The van der Waals surface area contributed by atoms with Crippen molar-refractivity contribution in [3.63, 3.8) is 0 Å². The van der Waals surface area contributed by atoms with Gasteiger partial charge in [0.15, 0.2) is 0 Å². The number of thiophene rings is 1. The Balaban J connectivity index is 1.54. The predicted octanol–water partition coefficient (Wildman–Crippen LogP) is 2.83. The minimum absolute atomic E-state index is 0.0275. The quantitative estimate of drug-likeness (QED) is 0.772. The molecular formula is C18H25N3O3S2. The van der Waals surface area contributed by atoms with Crippen LogP contribution in [0.4, 0.5) is 4.79 Å². The number of amides is 3. The van der Waals surface area contributed by atoms with Crippen LogP contribution in [0.2, 0.25) is 0 Å². The normalized spacial score (nSPS) is 20.0. The Morgan fingerprint density at radius 3 is 2.73 bits per heavy atom. The molecule has 6 nitrogen and oxygen atoms in total. The summed E-state index contributed by atoms with van der Waals surface area (Å²) < 4.78 is 0. The van der Waals surface area contributed by atoms with Crippen LogP contribution in [-0.2, 0) is 17.6 Å². The molecule has 0 saturated carbocycles. The molecule has 26 heavy (non-hydrogen) atoms. The minimum atomic E-state index is -0.386. The number of nitrogens with one attached hydrogen (secondary N) is 2. The molecule has 8 heteroatoms. The Morgan fingerprint density at radius 1 is 1.31 bits per heavy atom. The molecule has 2 N–H and O–H groups in total. The highest BCUT2D eigenvalue weighted by Crippen LogP contribution is 2.40. The molecular weight excluding hydrogens is 370 g/mol. The molecule has 3 rings (SSSR count). The van der Waals surface area contributed by atoms with Gasteiger partial charge in [-0.05, 0) is 42.2 Å². The first-order chi connectivity index (χ1) is 12.2. The highest BCUT2D eigenvalue weighted by Gasteiger charge is 2.30. The van der Waals surface area contributed by atoms with Crippen molar-refractivity contribution in [1.29, 1.82) is 0 Å². The fourth-order valence-corrected chi connectivity index (χ4v) is 5.27. The Labute approximate surface area is 162 Å². The summed E-state index contributed by atoms with van der Waals surface area (Å²) in [7, 11) is 0. The molecule has 0 radical (unpaired) electrons. The topological polar surface area (TPSA) is 78.5 Å². The molecule has 1 atom stereocenters. The number of hydrazine groups is 1. The van der Waals surface area contributed by atoms with E-state index in [-0.39, 0.29) is 29.0 Å². The number of rotatable bonds is 3. The number of hydrogen-bond donors (Lipinski definition) is 2. The van der Waals surface area contributed by atoms with E-state index in [4.69, 9.17) is 0 Å². The molecule has 3 amide bonds. The van der Waals surface area contributed by atoms with E-state index < -0.39 is 0 Å². The third-order valence-electron chi connectivity index (χ3n) is 5.03. The Kier molecular flexibility index (Phi) is 5.62. The van der Waals surface area contributed by atoms with Crippen molar-refractivity contribution >= 4 is 40.2 Å². The van der Waals surface area contributed by atoms with Crippen LogP contribution in [0.15, 0.2) is 6.07 Å². The van der Waals surface area contributed by atoms with Gasteiger partial charge in [-0.3, -0.25) is 25.2 Å². The zero-order valence-electron chi connectivity index (χ0n) is 15.4. The summed E-state index contributed by atoms with van der Waals surface area (Å²) in [6, 6.07) is 1.96. The zero-order chi connectivity index (χ0) is 18.9. The lowest BCUT2D eigenvalue weighted by molar-refractivity contribution is -0.122. The van der Waals surface area contributed by atoms with Crippen molar-refractivity contribution in [2.24, 2.45) is 11.3 Å². The van der Waals surface area contributed by atoms with Crippen LogP contribution >= 0.6 is 23.1 Å². The van der Waals surface area contributed by atoms with Crippen molar-refractivity contribution in [3.05, 3.63) is 21.4 Å². The molecule has 0 bridgehead atoms. The Hall–Kier alpha value is -1.54. The molecule has 0 aromatic carbocycles. The van der Waals surface area contributed by atoms with Gasteiger partial charge in [0, 0.05) is 17.2 Å². The van der Waals surface area contributed by atoms with Gasteiger partial charge in [0.25, 0.3) is 17.1 Å². The lowest BCUT2D eigenvalue weighted by Crippen LogP contribution is -2.46. The fraction of sp³-hybridized carbons (Fsp3) is 0.611. The first kappa shape index (κ1) is 19.2. The second-order valence-corrected chi connectivity index (χ2v) is 10.1. The second kappa shape index (κ2) is 7.60. The van der Waals surface area contributed by atoms with Gasteiger partial charge in [-0.2, -0.15) is 0 Å². The Morgan fingerprint density at radius 2 is 2.08 bits per heavy atom. The van der Waals surface area contributed by atoms with E-state index in [1.165, 1.54) is 38.4 Å². The number of nitrogens with zero attached hydrogens (tertiary/aromatic N) is 1. The van der Waals surface area contributed by atoms with E-state index in [0.717, 1.165) is 19.3 Å².